The number of H-pyrrole nitrogens is 1. The molecule has 0 spiro atoms. The van der Waals surface area contributed by atoms with Crippen LogP contribution in [0.5, 0.6) is 0 Å². The van der Waals surface area contributed by atoms with Gasteiger partial charge in [-0.15, -0.1) is 0 Å². The molecule has 0 saturated carbocycles. The van der Waals surface area contributed by atoms with E-state index in [-0.39, 0.29) is 35.0 Å². The summed E-state index contributed by atoms with van der Waals surface area (Å²) in [4.78, 5) is 41.7. The zero-order valence-corrected chi connectivity index (χ0v) is 15.4. The maximum atomic E-state index is 13.1. The molecule has 2 atom stereocenters. The van der Waals surface area contributed by atoms with Crippen molar-refractivity contribution in [1.82, 2.24) is 19.6 Å². The quantitative estimate of drug-likeness (QED) is 0.891. The third-order valence-electron chi connectivity index (χ3n) is 5.51. The zero-order valence-electron chi connectivity index (χ0n) is 15.4. The molecule has 4 heterocycles. The first-order valence-corrected chi connectivity index (χ1v) is 9.55. The van der Waals surface area contributed by atoms with Gasteiger partial charge in [0.25, 0.3) is 11.5 Å². The van der Waals surface area contributed by atoms with E-state index in [2.05, 4.69) is 12.0 Å². The van der Waals surface area contributed by atoms with Crippen molar-refractivity contribution in [3.05, 3.63) is 52.4 Å². The van der Waals surface area contributed by atoms with Gasteiger partial charge in [-0.3, -0.25) is 19.5 Å². The van der Waals surface area contributed by atoms with Crippen molar-refractivity contribution in [2.24, 2.45) is 5.92 Å². The lowest BCUT2D eigenvalue weighted by atomic mass is 9.94. The van der Waals surface area contributed by atoms with Crippen LogP contribution in [0.15, 0.2) is 41.2 Å². The minimum atomic E-state index is -0.272. The topological polar surface area (TPSA) is 78.4 Å². The summed E-state index contributed by atoms with van der Waals surface area (Å²) in [6.07, 6.45) is 2.67. The Bertz CT molecular complexity index is 901. The first kappa shape index (κ1) is 17.6. The van der Waals surface area contributed by atoms with Crippen LogP contribution in [0, 0.1) is 5.92 Å². The Balaban J connectivity index is 1.59. The number of piperidine rings is 1. The van der Waals surface area contributed by atoms with Gasteiger partial charge >= 0.3 is 0 Å². The maximum Gasteiger partial charge on any atom is 0.272 e. The first-order valence-electron chi connectivity index (χ1n) is 9.55. The molecule has 3 fully saturated rings. The predicted octanol–water partition coefficient (Wildman–Crippen LogP) is 1.64. The smallest absolute Gasteiger partial charge is 0.272 e. The molecule has 0 aliphatic carbocycles. The van der Waals surface area contributed by atoms with Crippen molar-refractivity contribution in [2.75, 3.05) is 19.6 Å². The summed E-state index contributed by atoms with van der Waals surface area (Å²) in [5, 5.41) is 2.93. The number of fused-ring (bicyclic) bond motifs is 4. The molecule has 3 saturated heterocycles. The van der Waals surface area contributed by atoms with Gasteiger partial charge in [-0.2, -0.15) is 0 Å². The highest BCUT2D eigenvalue weighted by molar-refractivity contribution is 5.93. The van der Waals surface area contributed by atoms with Crippen molar-refractivity contribution in [2.45, 2.75) is 32.2 Å². The van der Waals surface area contributed by atoms with Crippen LogP contribution in [0.3, 0.4) is 0 Å². The molecule has 3 aliphatic heterocycles. The van der Waals surface area contributed by atoms with Crippen LogP contribution >= 0.6 is 0 Å². The number of para-hydroxylation sites is 1. The predicted molar refractivity (Wildman–Crippen MR) is 101 cm³/mol. The molecule has 1 N–H and O–H groups in total. The van der Waals surface area contributed by atoms with Crippen LogP contribution in [0.1, 0.15) is 36.7 Å². The molecular weight excluding hydrogens is 344 g/mol. The van der Waals surface area contributed by atoms with Gasteiger partial charge in [-0.1, -0.05) is 25.1 Å². The lowest BCUT2D eigenvalue weighted by molar-refractivity contribution is -0.139. The Morgan fingerprint density at radius 1 is 1.15 bits per heavy atom. The molecule has 1 aromatic carbocycles. The number of rotatable bonds is 4. The van der Waals surface area contributed by atoms with Gasteiger partial charge in [0.2, 0.25) is 5.91 Å². The number of carbonyl (C=O) groups is 2. The fraction of sp³-hybridized carbons (Fsp3) is 0.450. The molecule has 5 rings (SSSR count). The van der Waals surface area contributed by atoms with Gasteiger partial charge in [-0.05, 0) is 31.4 Å². The van der Waals surface area contributed by atoms with E-state index in [1.165, 1.54) is 10.7 Å². The number of hydrogen-bond donors (Lipinski definition) is 1. The average molecular weight is 368 g/mol. The van der Waals surface area contributed by atoms with Gasteiger partial charge in [0, 0.05) is 31.7 Å². The second-order valence-corrected chi connectivity index (χ2v) is 7.35. The molecule has 3 aliphatic rings. The van der Waals surface area contributed by atoms with E-state index in [1.54, 1.807) is 17.0 Å². The third kappa shape index (κ3) is 3.18. The highest BCUT2D eigenvalue weighted by Crippen LogP contribution is 2.29. The number of aromatic amines is 1. The van der Waals surface area contributed by atoms with E-state index < -0.39 is 0 Å². The van der Waals surface area contributed by atoms with Crippen LogP contribution in [-0.2, 0) is 4.79 Å². The lowest BCUT2D eigenvalue weighted by Crippen LogP contribution is -2.48. The molecule has 2 bridgehead atoms. The van der Waals surface area contributed by atoms with E-state index in [1.807, 2.05) is 23.1 Å². The highest BCUT2D eigenvalue weighted by atomic mass is 16.2. The zero-order chi connectivity index (χ0) is 19.0. The number of benzene rings is 1. The minimum Gasteiger partial charge on any atom is -0.338 e. The lowest BCUT2D eigenvalue weighted by Gasteiger charge is -2.35. The number of hydrogen-bond acceptors (Lipinski definition) is 3. The Kier molecular flexibility index (Phi) is 4.59. The third-order valence-corrected chi connectivity index (χ3v) is 5.51. The molecule has 27 heavy (non-hydrogen) atoms. The molecule has 2 amide bonds. The molecule has 0 unspecified atom stereocenters. The fourth-order valence-electron chi connectivity index (χ4n) is 4.19. The Morgan fingerprint density at radius 3 is 2.67 bits per heavy atom. The second-order valence-electron chi connectivity index (χ2n) is 7.35. The summed E-state index contributed by atoms with van der Waals surface area (Å²) in [6, 6.07) is 10.6. The van der Waals surface area contributed by atoms with Gasteiger partial charge in [0.1, 0.15) is 5.69 Å². The van der Waals surface area contributed by atoms with Crippen LogP contribution in [-0.4, -0.2) is 57.1 Å². The summed E-state index contributed by atoms with van der Waals surface area (Å²) in [5.41, 5.74) is 0.674. The SMILES string of the molecule is CCCN1C(=O)[C@@H]2CC[C@H]1CN(C(=O)c1cc(=O)n(-c3ccccc3)[nH]1)C2. The number of amides is 2. The van der Waals surface area contributed by atoms with Crippen molar-refractivity contribution < 1.29 is 9.59 Å². The van der Waals surface area contributed by atoms with Gasteiger partial charge in [0.05, 0.1) is 11.6 Å². The Labute approximate surface area is 157 Å². The van der Waals surface area contributed by atoms with E-state index in [0.29, 0.717) is 18.8 Å². The largest absolute Gasteiger partial charge is 0.338 e. The van der Waals surface area contributed by atoms with E-state index in [0.717, 1.165) is 25.8 Å². The van der Waals surface area contributed by atoms with Crippen LogP contribution < -0.4 is 5.56 Å². The summed E-state index contributed by atoms with van der Waals surface area (Å²) < 4.78 is 1.37. The molecule has 7 nitrogen and oxygen atoms in total. The summed E-state index contributed by atoms with van der Waals surface area (Å²) in [6.45, 7) is 3.75. The van der Waals surface area contributed by atoms with Crippen LogP contribution in [0.4, 0.5) is 0 Å². The van der Waals surface area contributed by atoms with Crippen molar-refractivity contribution in [1.29, 1.82) is 0 Å². The number of nitrogens with zero attached hydrogens (tertiary/aromatic N) is 3. The van der Waals surface area contributed by atoms with E-state index >= 15 is 0 Å². The Morgan fingerprint density at radius 2 is 1.93 bits per heavy atom. The molecule has 2 aromatic rings. The number of aromatic nitrogens is 2. The van der Waals surface area contributed by atoms with Crippen LogP contribution in [0.25, 0.3) is 5.69 Å². The summed E-state index contributed by atoms with van der Waals surface area (Å²) in [5.74, 6) is -0.189. The Hall–Kier alpha value is -2.83. The monoisotopic (exact) mass is 368 g/mol. The molecule has 1 aromatic heterocycles. The average Bonchev–Trinajstić information content (AvgIpc) is 2.87. The second kappa shape index (κ2) is 7.06. The minimum absolute atomic E-state index is 0.0723. The molecule has 7 heteroatoms. The summed E-state index contributed by atoms with van der Waals surface area (Å²) >= 11 is 0. The van der Waals surface area contributed by atoms with E-state index in [9.17, 15) is 14.4 Å². The fourth-order valence-corrected chi connectivity index (χ4v) is 4.19. The van der Waals surface area contributed by atoms with Crippen molar-refractivity contribution >= 4 is 11.8 Å². The number of carbonyl (C=O) groups excluding carboxylic acids is 2. The first-order chi connectivity index (χ1) is 13.1. The van der Waals surface area contributed by atoms with E-state index in [4.69, 9.17) is 0 Å². The van der Waals surface area contributed by atoms with Crippen molar-refractivity contribution in [3.63, 3.8) is 0 Å². The van der Waals surface area contributed by atoms with Crippen LogP contribution in [0.2, 0.25) is 0 Å². The molecule has 0 radical (unpaired) electrons. The number of nitrogens with one attached hydrogen (secondary N) is 1. The van der Waals surface area contributed by atoms with Crippen molar-refractivity contribution in [3.8, 4) is 5.69 Å². The summed E-state index contributed by atoms with van der Waals surface area (Å²) in [7, 11) is 0. The molecule has 142 valence electrons. The van der Waals surface area contributed by atoms with Gasteiger partial charge < -0.3 is 9.80 Å². The van der Waals surface area contributed by atoms with Gasteiger partial charge in [0.15, 0.2) is 0 Å². The molecular formula is C20H24N4O3. The highest BCUT2D eigenvalue weighted by Gasteiger charge is 2.41. The maximum absolute atomic E-state index is 13.1. The normalized spacial score (nSPS) is 22.2. The standard InChI is InChI=1S/C20H24N4O3/c1-2-10-23-16-9-8-14(19(23)26)12-22(13-16)20(27)17-11-18(25)24(21-17)15-6-4-3-5-7-15/h3-7,11,14,16,21H,2,8-10,12-13H2,1H3/t14-,16+/m1/s1. The van der Waals surface area contributed by atoms with Gasteiger partial charge in [-0.25, -0.2) is 4.68 Å².